The zero-order valence-corrected chi connectivity index (χ0v) is 13.1. The second-order valence-corrected chi connectivity index (χ2v) is 5.05. The van der Waals surface area contributed by atoms with E-state index in [4.69, 9.17) is 5.11 Å². The number of carbonyl (C=O) groups excluding carboxylic acids is 1. The van der Waals surface area contributed by atoms with E-state index >= 15 is 0 Å². The second kappa shape index (κ2) is 7.09. The summed E-state index contributed by atoms with van der Waals surface area (Å²) in [6.07, 6.45) is 0. The molecule has 1 heterocycles. The lowest BCUT2D eigenvalue weighted by molar-refractivity contribution is 0.0600. The molecular formula is C16H21N3O3. The smallest absolute Gasteiger partial charge is 0.337 e. The van der Waals surface area contributed by atoms with Crippen LogP contribution in [0.4, 0.5) is 5.82 Å². The minimum Gasteiger partial charge on any atom is -0.465 e. The molecule has 2 N–H and O–H groups in total. The highest BCUT2D eigenvalue weighted by molar-refractivity contribution is 5.89. The maximum atomic E-state index is 11.4. The number of aryl methyl sites for hydroxylation is 1. The van der Waals surface area contributed by atoms with Crippen LogP contribution in [-0.2, 0) is 17.8 Å². The molecule has 0 bridgehead atoms. The predicted molar refractivity (Wildman–Crippen MR) is 83.9 cm³/mol. The van der Waals surface area contributed by atoms with Crippen LogP contribution in [0.1, 0.15) is 27.2 Å². The number of esters is 1. The maximum absolute atomic E-state index is 11.4. The van der Waals surface area contributed by atoms with Crippen molar-refractivity contribution in [2.75, 3.05) is 19.0 Å². The minimum absolute atomic E-state index is 0.0447. The molecule has 0 aliphatic rings. The van der Waals surface area contributed by atoms with E-state index in [-0.39, 0.29) is 12.6 Å². The van der Waals surface area contributed by atoms with Crippen LogP contribution in [0.5, 0.6) is 0 Å². The van der Waals surface area contributed by atoms with E-state index in [9.17, 15) is 4.79 Å². The molecule has 0 atom stereocenters. The molecule has 6 heteroatoms. The lowest BCUT2D eigenvalue weighted by Crippen LogP contribution is -2.11. The molecule has 0 radical (unpaired) electrons. The Morgan fingerprint density at radius 3 is 2.59 bits per heavy atom. The second-order valence-electron chi connectivity index (χ2n) is 5.05. The quantitative estimate of drug-likeness (QED) is 0.797. The molecule has 0 aliphatic carbocycles. The number of aromatic nitrogens is 2. The van der Waals surface area contributed by atoms with Gasteiger partial charge in [-0.3, -0.25) is 0 Å². The number of ether oxygens (including phenoxy) is 1. The van der Waals surface area contributed by atoms with E-state index in [2.05, 4.69) is 15.2 Å². The number of aliphatic hydroxyl groups is 1. The first-order chi connectivity index (χ1) is 10.6. The monoisotopic (exact) mass is 303 g/mol. The first kappa shape index (κ1) is 16.0. The molecule has 1 aromatic heterocycles. The number of hydrogen-bond donors (Lipinski definition) is 2. The Kier molecular flexibility index (Phi) is 5.16. The molecule has 6 nitrogen and oxygen atoms in total. The number of methoxy groups -OCH3 is 1. The summed E-state index contributed by atoms with van der Waals surface area (Å²) in [6.45, 7) is 5.05. The van der Waals surface area contributed by atoms with E-state index in [0.29, 0.717) is 18.7 Å². The molecule has 0 aliphatic heterocycles. The Labute approximate surface area is 129 Å². The number of benzene rings is 1. The lowest BCUT2D eigenvalue weighted by Gasteiger charge is -2.10. The number of nitrogens with one attached hydrogen (secondary N) is 1. The van der Waals surface area contributed by atoms with Crippen LogP contribution in [-0.4, -0.2) is 34.6 Å². The van der Waals surface area contributed by atoms with Gasteiger partial charge >= 0.3 is 5.97 Å². The third kappa shape index (κ3) is 3.46. The standard InChI is InChI=1S/C16H21N3O3/c1-11-12(2)18-19(8-9-20)15(11)17-10-13-4-6-14(7-5-13)16(21)22-3/h4-7,17,20H,8-10H2,1-3H3. The van der Waals surface area contributed by atoms with Gasteiger partial charge in [0.1, 0.15) is 5.82 Å². The topological polar surface area (TPSA) is 76.4 Å². The van der Waals surface area contributed by atoms with Gasteiger partial charge in [-0.1, -0.05) is 12.1 Å². The van der Waals surface area contributed by atoms with E-state index in [1.807, 2.05) is 26.0 Å². The van der Waals surface area contributed by atoms with E-state index in [1.165, 1.54) is 7.11 Å². The number of aliphatic hydroxyl groups excluding tert-OH is 1. The average molecular weight is 303 g/mol. The summed E-state index contributed by atoms with van der Waals surface area (Å²) in [7, 11) is 1.37. The maximum Gasteiger partial charge on any atom is 0.337 e. The van der Waals surface area contributed by atoms with Crippen LogP contribution < -0.4 is 5.32 Å². The van der Waals surface area contributed by atoms with Crippen molar-refractivity contribution in [3.63, 3.8) is 0 Å². The van der Waals surface area contributed by atoms with Gasteiger partial charge in [0.2, 0.25) is 0 Å². The highest BCUT2D eigenvalue weighted by atomic mass is 16.5. The molecule has 0 saturated heterocycles. The molecule has 0 spiro atoms. The zero-order valence-electron chi connectivity index (χ0n) is 13.1. The van der Waals surface area contributed by atoms with Gasteiger partial charge in [0.05, 0.1) is 31.5 Å². The van der Waals surface area contributed by atoms with Gasteiger partial charge in [-0.2, -0.15) is 5.10 Å². The van der Waals surface area contributed by atoms with Crippen molar-refractivity contribution in [2.45, 2.75) is 26.9 Å². The Morgan fingerprint density at radius 1 is 1.32 bits per heavy atom. The van der Waals surface area contributed by atoms with Crippen molar-refractivity contribution in [3.05, 3.63) is 46.6 Å². The minimum atomic E-state index is -0.341. The first-order valence-corrected chi connectivity index (χ1v) is 7.12. The summed E-state index contributed by atoms with van der Waals surface area (Å²) < 4.78 is 6.45. The molecule has 0 saturated carbocycles. The van der Waals surface area contributed by atoms with Crippen LogP contribution in [0, 0.1) is 13.8 Å². The van der Waals surface area contributed by atoms with Crippen LogP contribution in [0.15, 0.2) is 24.3 Å². The van der Waals surface area contributed by atoms with Gasteiger partial charge in [0.25, 0.3) is 0 Å². The molecule has 0 unspecified atom stereocenters. The fraction of sp³-hybridized carbons (Fsp3) is 0.375. The SMILES string of the molecule is COC(=O)c1ccc(CNc2c(C)c(C)nn2CCO)cc1. The van der Waals surface area contributed by atoms with Crippen LogP contribution >= 0.6 is 0 Å². The van der Waals surface area contributed by atoms with E-state index in [0.717, 1.165) is 22.6 Å². The summed E-state index contributed by atoms with van der Waals surface area (Å²) >= 11 is 0. The molecule has 2 aromatic rings. The molecule has 118 valence electrons. The number of rotatable bonds is 6. The summed E-state index contributed by atoms with van der Waals surface area (Å²) in [5.74, 6) is 0.565. The molecule has 1 aromatic carbocycles. The molecular weight excluding hydrogens is 282 g/mol. The van der Waals surface area contributed by atoms with Crippen LogP contribution in [0.25, 0.3) is 0 Å². The molecule has 2 rings (SSSR count). The lowest BCUT2D eigenvalue weighted by atomic mass is 10.1. The van der Waals surface area contributed by atoms with Crippen LogP contribution in [0.3, 0.4) is 0 Å². The highest BCUT2D eigenvalue weighted by Gasteiger charge is 2.11. The normalized spacial score (nSPS) is 10.5. The Hall–Kier alpha value is -2.34. The Balaban J connectivity index is 2.08. The van der Waals surface area contributed by atoms with Gasteiger partial charge in [0.15, 0.2) is 0 Å². The number of anilines is 1. The third-order valence-corrected chi connectivity index (χ3v) is 3.57. The van der Waals surface area contributed by atoms with Crippen molar-refractivity contribution in [2.24, 2.45) is 0 Å². The van der Waals surface area contributed by atoms with Gasteiger partial charge in [-0.15, -0.1) is 0 Å². The molecule has 22 heavy (non-hydrogen) atoms. The van der Waals surface area contributed by atoms with Crippen molar-refractivity contribution >= 4 is 11.8 Å². The Morgan fingerprint density at radius 2 is 2.00 bits per heavy atom. The summed E-state index contributed by atoms with van der Waals surface area (Å²) in [5, 5.41) is 16.8. The first-order valence-electron chi connectivity index (χ1n) is 7.12. The highest BCUT2D eigenvalue weighted by Crippen LogP contribution is 2.19. The van der Waals surface area contributed by atoms with Gasteiger partial charge in [0, 0.05) is 12.1 Å². The largest absolute Gasteiger partial charge is 0.465 e. The Bertz CT molecular complexity index is 647. The van der Waals surface area contributed by atoms with Crippen molar-refractivity contribution < 1.29 is 14.6 Å². The van der Waals surface area contributed by atoms with E-state index in [1.54, 1.807) is 16.8 Å². The van der Waals surface area contributed by atoms with Crippen LogP contribution in [0.2, 0.25) is 0 Å². The summed E-state index contributed by atoms with van der Waals surface area (Å²) in [4.78, 5) is 11.4. The third-order valence-electron chi connectivity index (χ3n) is 3.57. The zero-order chi connectivity index (χ0) is 16.1. The fourth-order valence-electron chi connectivity index (χ4n) is 2.21. The molecule has 0 amide bonds. The van der Waals surface area contributed by atoms with Gasteiger partial charge in [-0.05, 0) is 31.5 Å². The predicted octanol–water partition coefficient (Wildman–Crippen LogP) is 1.89. The fourth-order valence-corrected chi connectivity index (χ4v) is 2.21. The summed E-state index contributed by atoms with van der Waals surface area (Å²) in [6, 6.07) is 7.25. The van der Waals surface area contributed by atoms with Crippen molar-refractivity contribution in [1.29, 1.82) is 0 Å². The summed E-state index contributed by atoms with van der Waals surface area (Å²) in [5.41, 5.74) is 3.58. The van der Waals surface area contributed by atoms with Gasteiger partial charge < -0.3 is 15.2 Å². The number of hydrogen-bond acceptors (Lipinski definition) is 5. The number of nitrogens with zero attached hydrogens (tertiary/aromatic N) is 2. The van der Waals surface area contributed by atoms with Crippen molar-refractivity contribution in [1.82, 2.24) is 9.78 Å². The number of carbonyl (C=O) groups is 1. The van der Waals surface area contributed by atoms with Gasteiger partial charge in [-0.25, -0.2) is 9.48 Å². The van der Waals surface area contributed by atoms with Crippen molar-refractivity contribution in [3.8, 4) is 0 Å². The average Bonchev–Trinajstić information content (AvgIpc) is 2.80. The molecule has 0 fully saturated rings. The van der Waals surface area contributed by atoms with E-state index < -0.39 is 0 Å².